The van der Waals surface area contributed by atoms with Crippen LogP contribution in [0.2, 0.25) is 0 Å². The Bertz CT molecular complexity index is 444. The van der Waals surface area contributed by atoms with E-state index in [1.54, 1.807) is 19.4 Å². The van der Waals surface area contributed by atoms with Gasteiger partial charge in [0.15, 0.2) is 0 Å². The van der Waals surface area contributed by atoms with Gasteiger partial charge in [0.1, 0.15) is 0 Å². The predicted octanol–water partition coefficient (Wildman–Crippen LogP) is 0.623. The molecule has 0 fully saturated rings. The molecule has 1 aromatic rings. The molecule has 18 heavy (non-hydrogen) atoms. The third kappa shape index (κ3) is 3.76. The lowest BCUT2D eigenvalue weighted by atomic mass is 10.2. The Kier molecular flexibility index (Phi) is 5.71. The molecule has 0 aromatic carbocycles. The van der Waals surface area contributed by atoms with Crippen molar-refractivity contribution in [1.82, 2.24) is 9.29 Å². The highest BCUT2D eigenvalue weighted by Crippen LogP contribution is 2.10. The maximum atomic E-state index is 12.1. The Hall–Kier alpha value is -0.980. The Morgan fingerprint density at radius 3 is 2.50 bits per heavy atom. The summed E-state index contributed by atoms with van der Waals surface area (Å²) < 4.78 is 25.7. The second-order valence-corrected chi connectivity index (χ2v) is 6.56. The van der Waals surface area contributed by atoms with Gasteiger partial charge in [0, 0.05) is 32.5 Å². The molecule has 1 heterocycles. The highest BCUT2D eigenvalue weighted by molar-refractivity contribution is 7.89. The van der Waals surface area contributed by atoms with Gasteiger partial charge in [-0.1, -0.05) is 6.92 Å². The monoisotopic (exact) mass is 271 g/mol. The van der Waals surface area contributed by atoms with Gasteiger partial charge in [0.05, 0.1) is 5.25 Å². The van der Waals surface area contributed by atoms with Crippen molar-refractivity contribution in [1.29, 1.82) is 0 Å². The van der Waals surface area contributed by atoms with Crippen molar-refractivity contribution in [2.24, 2.45) is 5.73 Å². The zero-order valence-corrected chi connectivity index (χ0v) is 11.7. The largest absolute Gasteiger partial charge is 0.329 e. The van der Waals surface area contributed by atoms with Crippen molar-refractivity contribution in [3.05, 3.63) is 30.1 Å². The molecule has 2 N–H and O–H groups in total. The Morgan fingerprint density at radius 1 is 1.39 bits per heavy atom. The van der Waals surface area contributed by atoms with E-state index in [0.717, 1.165) is 5.56 Å². The summed E-state index contributed by atoms with van der Waals surface area (Å²) in [4.78, 5) is 3.93. The SMILES string of the molecule is CCC(CN)S(=O)(=O)N(C)CCc1ccncc1. The van der Waals surface area contributed by atoms with E-state index in [1.807, 2.05) is 19.1 Å². The van der Waals surface area contributed by atoms with Crippen LogP contribution >= 0.6 is 0 Å². The van der Waals surface area contributed by atoms with Crippen molar-refractivity contribution in [3.63, 3.8) is 0 Å². The fourth-order valence-corrected chi connectivity index (χ4v) is 3.24. The van der Waals surface area contributed by atoms with Gasteiger partial charge < -0.3 is 5.73 Å². The van der Waals surface area contributed by atoms with Gasteiger partial charge >= 0.3 is 0 Å². The van der Waals surface area contributed by atoms with Crippen LogP contribution in [0.25, 0.3) is 0 Å². The van der Waals surface area contributed by atoms with Crippen molar-refractivity contribution < 1.29 is 8.42 Å². The highest BCUT2D eigenvalue weighted by atomic mass is 32.2. The van der Waals surface area contributed by atoms with E-state index < -0.39 is 15.3 Å². The molecule has 0 aliphatic rings. The minimum atomic E-state index is -3.28. The van der Waals surface area contributed by atoms with Gasteiger partial charge in [-0.15, -0.1) is 0 Å². The lowest BCUT2D eigenvalue weighted by molar-refractivity contribution is 0.459. The molecule has 0 radical (unpaired) electrons. The van der Waals surface area contributed by atoms with Gasteiger partial charge in [0.2, 0.25) is 10.0 Å². The molecule has 102 valence electrons. The number of sulfonamides is 1. The maximum absolute atomic E-state index is 12.1. The number of hydrogen-bond donors (Lipinski definition) is 1. The Morgan fingerprint density at radius 2 is 2.00 bits per heavy atom. The summed E-state index contributed by atoms with van der Waals surface area (Å²) in [5, 5.41) is -0.486. The van der Waals surface area contributed by atoms with E-state index >= 15 is 0 Å². The molecule has 0 saturated heterocycles. The van der Waals surface area contributed by atoms with Gasteiger partial charge in [-0.3, -0.25) is 4.98 Å². The third-order valence-electron chi connectivity index (χ3n) is 3.04. The Balaban J connectivity index is 2.62. The summed E-state index contributed by atoms with van der Waals surface area (Å²) in [7, 11) is -1.67. The predicted molar refractivity (Wildman–Crippen MR) is 72.6 cm³/mol. The van der Waals surface area contributed by atoms with E-state index in [4.69, 9.17) is 5.73 Å². The molecular formula is C12H21N3O2S. The number of nitrogens with two attached hydrogens (primary N) is 1. The first-order valence-corrected chi connectivity index (χ1v) is 7.56. The van der Waals surface area contributed by atoms with Gasteiger partial charge in [-0.25, -0.2) is 12.7 Å². The second-order valence-electron chi connectivity index (χ2n) is 4.24. The molecule has 1 aromatic heterocycles. The average Bonchev–Trinajstić information content (AvgIpc) is 2.38. The second kappa shape index (κ2) is 6.82. The molecule has 5 nitrogen and oxygen atoms in total. The van der Waals surface area contributed by atoms with E-state index in [0.29, 0.717) is 19.4 Å². The Labute approximate surface area is 109 Å². The summed E-state index contributed by atoms with van der Waals surface area (Å²) in [6, 6.07) is 3.78. The minimum Gasteiger partial charge on any atom is -0.329 e. The normalized spacial score (nSPS) is 13.8. The first-order chi connectivity index (χ1) is 8.52. The van der Waals surface area contributed by atoms with Crippen LogP contribution < -0.4 is 5.73 Å². The van der Waals surface area contributed by atoms with E-state index in [1.165, 1.54) is 4.31 Å². The zero-order valence-electron chi connectivity index (χ0n) is 10.9. The number of aromatic nitrogens is 1. The van der Waals surface area contributed by atoms with Crippen molar-refractivity contribution in [3.8, 4) is 0 Å². The summed E-state index contributed by atoms with van der Waals surface area (Å²) in [6.07, 6.45) is 4.63. The topological polar surface area (TPSA) is 76.3 Å². The number of hydrogen-bond acceptors (Lipinski definition) is 4. The molecule has 1 atom stereocenters. The molecule has 0 spiro atoms. The number of likely N-dealkylation sites (N-methyl/N-ethyl adjacent to an activating group) is 1. The molecule has 6 heteroatoms. The number of rotatable bonds is 7. The lowest BCUT2D eigenvalue weighted by Gasteiger charge is -2.22. The van der Waals surface area contributed by atoms with Gasteiger partial charge in [-0.2, -0.15) is 0 Å². The quantitative estimate of drug-likeness (QED) is 0.789. The van der Waals surface area contributed by atoms with E-state index in [-0.39, 0.29) is 6.54 Å². The van der Waals surface area contributed by atoms with Crippen LogP contribution in [0.15, 0.2) is 24.5 Å². The zero-order chi connectivity index (χ0) is 13.6. The first kappa shape index (κ1) is 15.1. The van der Waals surface area contributed by atoms with Crippen LogP contribution in [0.3, 0.4) is 0 Å². The highest BCUT2D eigenvalue weighted by Gasteiger charge is 2.26. The number of pyridine rings is 1. The molecule has 1 unspecified atom stereocenters. The summed E-state index contributed by atoms with van der Waals surface area (Å²) >= 11 is 0. The first-order valence-electron chi connectivity index (χ1n) is 6.06. The standard InChI is InChI=1S/C12H21N3O2S/c1-3-12(10-13)18(16,17)15(2)9-6-11-4-7-14-8-5-11/h4-5,7-8,12H,3,6,9-10,13H2,1-2H3. The van der Waals surface area contributed by atoms with Crippen LogP contribution in [0.4, 0.5) is 0 Å². The lowest BCUT2D eigenvalue weighted by Crippen LogP contribution is -2.40. The minimum absolute atomic E-state index is 0.165. The van der Waals surface area contributed by atoms with Crippen LogP contribution in [-0.2, 0) is 16.4 Å². The maximum Gasteiger partial charge on any atom is 0.217 e. The molecule has 0 aliphatic heterocycles. The smallest absolute Gasteiger partial charge is 0.217 e. The van der Waals surface area contributed by atoms with Crippen LogP contribution in [0.5, 0.6) is 0 Å². The molecular weight excluding hydrogens is 250 g/mol. The molecule has 0 aliphatic carbocycles. The number of nitrogens with zero attached hydrogens (tertiary/aromatic N) is 2. The third-order valence-corrected chi connectivity index (χ3v) is 5.46. The summed E-state index contributed by atoms with van der Waals surface area (Å²) in [5.74, 6) is 0. The molecule has 0 saturated carbocycles. The average molecular weight is 271 g/mol. The fourth-order valence-electron chi connectivity index (χ4n) is 1.72. The van der Waals surface area contributed by atoms with E-state index in [2.05, 4.69) is 4.98 Å². The fraction of sp³-hybridized carbons (Fsp3) is 0.583. The van der Waals surface area contributed by atoms with Gasteiger partial charge in [-0.05, 0) is 30.5 Å². The molecule has 0 amide bonds. The van der Waals surface area contributed by atoms with Crippen LogP contribution in [-0.4, -0.2) is 43.1 Å². The summed E-state index contributed by atoms with van der Waals surface area (Å²) in [5.41, 5.74) is 6.58. The molecule has 1 rings (SSSR count). The summed E-state index contributed by atoms with van der Waals surface area (Å²) in [6.45, 7) is 2.47. The van der Waals surface area contributed by atoms with Crippen molar-refractivity contribution in [2.45, 2.75) is 25.0 Å². The van der Waals surface area contributed by atoms with Gasteiger partial charge in [0.25, 0.3) is 0 Å². The van der Waals surface area contributed by atoms with Crippen molar-refractivity contribution in [2.75, 3.05) is 20.1 Å². The van der Waals surface area contributed by atoms with Crippen LogP contribution in [0, 0.1) is 0 Å². The van der Waals surface area contributed by atoms with E-state index in [9.17, 15) is 8.42 Å². The molecule has 0 bridgehead atoms. The van der Waals surface area contributed by atoms with Crippen LogP contribution in [0.1, 0.15) is 18.9 Å². The van der Waals surface area contributed by atoms with Crippen molar-refractivity contribution >= 4 is 10.0 Å².